The number of amides is 1. The van der Waals surface area contributed by atoms with E-state index in [0.717, 1.165) is 5.56 Å². The zero-order valence-corrected chi connectivity index (χ0v) is 19.0. The van der Waals surface area contributed by atoms with Gasteiger partial charge in [-0.05, 0) is 48.4 Å². The topological polar surface area (TPSA) is 127 Å². The van der Waals surface area contributed by atoms with E-state index in [0.29, 0.717) is 30.0 Å². The molecule has 2 aromatic carbocycles. The molecule has 33 heavy (non-hydrogen) atoms. The first-order chi connectivity index (χ1) is 15.8. The van der Waals surface area contributed by atoms with Gasteiger partial charge in [0.05, 0.1) is 13.7 Å². The molecule has 1 amide bonds. The molecule has 1 aliphatic rings. The van der Waals surface area contributed by atoms with Gasteiger partial charge in [-0.2, -0.15) is 0 Å². The molecule has 0 spiro atoms. The van der Waals surface area contributed by atoms with Crippen LogP contribution < -0.4 is 20.7 Å². The Morgan fingerprint density at radius 3 is 2.45 bits per heavy atom. The normalized spacial score (nSPS) is 16.4. The minimum absolute atomic E-state index is 0.0279. The van der Waals surface area contributed by atoms with E-state index in [1.165, 1.54) is 12.0 Å². The molecule has 2 unspecified atom stereocenters. The lowest BCUT2D eigenvalue weighted by Crippen LogP contribution is -2.43. The van der Waals surface area contributed by atoms with Gasteiger partial charge in [-0.1, -0.05) is 26.0 Å². The fourth-order valence-electron chi connectivity index (χ4n) is 3.54. The van der Waals surface area contributed by atoms with Crippen LogP contribution in [0.25, 0.3) is 0 Å². The van der Waals surface area contributed by atoms with Crippen molar-refractivity contribution >= 4 is 23.6 Å². The molecule has 2 atom stereocenters. The van der Waals surface area contributed by atoms with Gasteiger partial charge in [-0.3, -0.25) is 15.1 Å². The lowest BCUT2D eigenvalue weighted by atomic mass is 10.1. The van der Waals surface area contributed by atoms with E-state index in [9.17, 15) is 9.59 Å². The minimum atomic E-state index is -0.443. The molecule has 176 valence electrons. The number of nitrogen functional groups attached to an aromatic ring is 1. The van der Waals surface area contributed by atoms with E-state index in [2.05, 4.69) is 5.32 Å². The predicted octanol–water partition coefficient (Wildman–Crippen LogP) is 2.46. The number of esters is 1. The van der Waals surface area contributed by atoms with Gasteiger partial charge in [-0.15, -0.1) is 0 Å². The fraction of sp³-hybridized carbons (Fsp3) is 0.375. The van der Waals surface area contributed by atoms with Crippen LogP contribution in [-0.2, 0) is 20.7 Å². The van der Waals surface area contributed by atoms with Crippen molar-refractivity contribution < 1.29 is 23.8 Å². The van der Waals surface area contributed by atoms with Crippen LogP contribution in [0.1, 0.15) is 25.0 Å². The number of hydrogen-bond acceptors (Lipinski definition) is 7. The zero-order chi connectivity index (χ0) is 24.0. The van der Waals surface area contributed by atoms with Crippen LogP contribution >= 0.6 is 0 Å². The maximum Gasteiger partial charge on any atom is 0.414 e. The van der Waals surface area contributed by atoms with Crippen LogP contribution in [0.3, 0.4) is 0 Å². The smallest absolute Gasteiger partial charge is 0.414 e. The lowest BCUT2D eigenvalue weighted by Gasteiger charge is -2.19. The lowest BCUT2D eigenvalue weighted by molar-refractivity contribution is -0.143. The molecular weight excluding hydrogens is 424 g/mol. The van der Waals surface area contributed by atoms with Gasteiger partial charge in [-0.25, -0.2) is 4.79 Å². The quantitative estimate of drug-likeness (QED) is 0.286. The number of rotatable bonds is 10. The predicted molar refractivity (Wildman–Crippen MR) is 125 cm³/mol. The number of nitrogens with one attached hydrogen (secondary N) is 2. The van der Waals surface area contributed by atoms with Crippen molar-refractivity contribution in [1.82, 2.24) is 5.32 Å². The highest BCUT2D eigenvalue weighted by Crippen LogP contribution is 2.23. The summed E-state index contributed by atoms with van der Waals surface area (Å²) < 4.78 is 16.1. The zero-order valence-electron chi connectivity index (χ0n) is 19.0. The van der Waals surface area contributed by atoms with Crippen LogP contribution in [0.4, 0.5) is 10.5 Å². The van der Waals surface area contributed by atoms with Crippen LogP contribution in [0.2, 0.25) is 0 Å². The summed E-state index contributed by atoms with van der Waals surface area (Å²) in [5.41, 5.74) is 7.70. The van der Waals surface area contributed by atoms with Crippen molar-refractivity contribution in [3.8, 4) is 5.75 Å². The summed E-state index contributed by atoms with van der Waals surface area (Å²) in [6.45, 7) is 4.53. The molecule has 0 radical (unpaired) electrons. The Kier molecular flexibility index (Phi) is 7.89. The third-order valence-electron chi connectivity index (χ3n) is 5.18. The number of nitrogens with two attached hydrogens (primary N) is 1. The number of hydrogen-bond donors (Lipinski definition) is 3. The van der Waals surface area contributed by atoms with Crippen molar-refractivity contribution in [2.24, 2.45) is 5.73 Å². The molecular formula is C24H30N4O5. The van der Waals surface area contributed by atoms with Crippen molar-refractivity contribution in [1.29, 1.82) is 5.41 Å². The molecule has 9 nitrogen and oxygen atoms in total. The second-order valence-electron chi connectivity index (χ2n) is 8.13. The number of carbonyl (C=O) groups excluding carboxylic acids is 2. The highest BCUT2D eigenvalue weighted by molar-refractivity contribution is 5.96. The summed E-state index contributed by atoms with van der Waals surface area (Å²) in [4.78, 5) is 25.8. The number of nitrogens with zero attached hydrogens (tertiary/aromatic N) is 1. The summed E-state index contributed by atoms with van der Waals surface area (Å²) in [5, 5.41) is 10.7. The third-order valence-corrected chi connectivity index (χ3v) is 5.18. The van der Waals surface area contributed by atoms with Gasteiger partial charge < -0.3 is 25.3 Å². The first-order valence-electron chi connectivity index (χ1n) is 10.7. The average molecular weight is 455 g/mol. The molecule has 0 aromatic heterocycles. The highest BCUT2D eigenvalue weighted by atomic mass is 16.6. The molecule has 0 aliphatic carbocycles. The molecule has 1 fully saturated rings. The molecule has 1 heterocycles. The summed E-state index contributed by atoms with van der Waals surface area (Å²) >= 11 is 0. The number of carbonyl (C=O) groups is 2. The molecule has 3 rings (SSSR count). The van der Waals surface area contributed by atoms with E-state index >= 15 is 0 Å². The number of amidine groups is 1. The first-order valence-corrected chi connectivity index (χ1v) is 10.7. The van der Waals surface area contributed by atoms with Gasteiger partial charge in [0, 0.05) is 17.3 Å². The van der Waals surface area contributed by atoms with Crippen LogP contribution in [-0.4, -0.2) is 56.3 Å². The Hall–Kier alpha value is -3.59. The van der Waals surface area contributed by atoms with Crippen LogP contribution in [0, 0.1) is 5.41 Å². The van der Waals surface area contributed by atoms with E-state index < -0.39 is 18.2 Å². The van der Waals surface area contributed by atoms with Crippen molar-refractivity contribution in [2.45, 2.75) is 38.5 Å². The van der Waals surface area contributed by atoms with Gasteiger partial charge in [0.1, 0.15) is 24.2 Å². The Labute approximate surface area is 193 Å². The van der Waals surface area contributed by atoms with Crippen LogP contribution in [0.15, 0.2) is 48.5 Å². The number of cyclic esters (lactones) is 1. The van der Waals surface area contributed by atoms with Crippen molar-refractivity contribution in [3.63, 3.8) is 0 Å². The first kappa shape index (κ1) is 24.1. The van der Waals surface area contributed by atoms with Crippen molar-refractivity contribution in [2.75, 3.05) is 25.2 Å². The van der Waals surface area contributed by atoms with Crippen molar-refractivity contribution in [3.05, 3.63) is 59.7 Å². The molecule has 1 aliphatic heterocycles. The summed E-state index contributed by atoms with van der Waals surface area (Å²) in [6, 6.07) is 14.0. The monoisotopic (exact) mass is 454 g/mol. The maximum absolute atomic E-state index is 12.3. The third kappa shape index (κ3) is 6.45. The van der Waals surface area contributed by atoms with Gasteiger partial charge in [0.2, 0.25) is 0 Å². The Morgan fingerprint density at radius 1 is 1.21 bits per heavy atom. The van der Waals surface area contributed by atoms with Gasteiger partial charge in [0.25, 0.3) is 0 Å². The number of benzene rings is 2. The average Bonchev–Trinajstić information content (AvgIpc) is 3.17. The van der Waals surface area contributed by atoms with Gasteiger partial charge in [0.15, 0.2) is 6.10 Å². The van der Waals surface area contributed by atoms with E-state index in [-0.39, 0.29) is 24.5 Å². The highest BCUT2D eigenvalue weighted by Gasteiger charge is 2.32. The molecule has 0 saturated carbocycles. The van der Waals surface area contributed by atoms with E-state index in [4.69, 9.17) is 25.4 Å². The minimum Gasteiger partial charge on any atom is -0.490 e. The molecule has 9 heteroatoms. The molecule has 2 aromatic rings. The second kappa shape index (κ2) is 10.8. The summed E-state index contributed by atoms with van der Waals surface area (Å²) in [7, 11) is 1.38. The van der Waals surface area contributed by atoms with Crippen LogP contribution in [0.5, 0.6) is 5.75 Å². The number of ether oxygens (including phenoxy) is 3. The maximum atomic E-state index is 12.3. The molecule has 0 bridgehead atoms. The summed E-state index contributed by atoms with van der Waals surface area (Å²) in [5.74, 6) is 0.318. The Bertz CT molecular complexity index is 975. The Balaban J connectivity index is 1.53. The molecule has 1 saturated heterocycles. The number of methoxy groups -OCH3 is 1. The SMILES string of the molecule is COC(=O)C(Cc1ccc(OCC2CN(c3ccc(C(=N)N)cc3)C(=O)O2)cc1)NC(C)C. The summed E-state index contributed by atoms with van der Waals surface area (Å²) in [6.07, 6.45) is -0.354. The largest absolute Gasteiger partial charge is 0.490 e. The van der Waals surface area contributed by atoms with Gasteiger partial charge >= 0.3 is 12.1 Å². The number of anilines is 1. The van der Waals surface area contributed by atoms with E-state index in [1.807, 2.05) is 38.1 Å². The molecule has 4 N–H and O–H groups in total. The standard InChI is InChI=1S/C24H30N4O5/c1-15(2)27-21(23(29)31-3)12-16-4-10-19(11-5-16)32-14-20-13-28(24(30)33-20)18-8-6-17(7-9-18)22(25)26/h4-11,15,20-21,27H,12-14H2,1-3H3,(H3,25,26). The second-order valence-corrected chi connectivity index (χ2v) is 8.13. The Morgan fingerprint density at radius 2 is 1.88 bits per heavy atom. The van der Waals surface area contributed by atoms with E-state index in [1.54, 1.807) is 24.3 Å². The fourth-order valence-corrected chi connectivity index (χ4v) is 3.54.